The predicted octanol–water partition coefficient (Wildman–Crippen LogP) is -0.344. The van der Waals surface area contributed by atoms with Crippen LogP contribution in [-0.2, 0) is 0 Å². The lowest BCUT2D eigenvalue weighted by Gasteiger charge is -1.96. The molecule has 0 spiro atoms. The number of hydrogen-bond donors (Lipinski definition) is 2. The fourth-order valence-electron chi connectivity index (χ4n) is 1.78. The van der Waals surface area contributed by atoms with Crippen molar-refractivity contribution < 1.29 is 5.73 Å². The van der Waals surface area contributed by atoms with Crippen LogP contribution in [0.1, 0.15) is 12.8 Å². The molecule has 0 aromatic carbocycles. The average molecular weight is 111 g/mol. The van der Waals surface area contributed by atoms with E-state index in [9.17, 15) is 0 Å². The van der Waals surface area contributed by atoms with Crippen LogP contribution in [0.3, 0.4) is 0 Å². The zero-order valence-electron chi connectivity index (χ0n) is 4.85. The third-order valence-electron chi connectivity index (χ3n) is 2.35. The lowest BCUT2D eigenvalue weighted by Crippen LogP contribution is -2.60. The van der Waals surface area contributed by atoms with E-state index < -0.39 is 0 Å². The van der Waals surface area contributed by atoms with Gasteiger partial charge in [-0.2, -0.15) is 0 Å². The molecule has 0 aromatic rings. The van der Waals surface area contributed by atoms with Crippen LogP contribution in [0.4, 0.5) is 0 Å². The SMILES string of the molecule is N=C1C2CC([NH3+])CC12. The highest BCUT2D eigenvalue weighted by Crippen LogP contribution is 2.46. The van der Waals surface area contributed by atoms with Crippen molar-refractivity contribution in [2.75, 3.05) is 0 Å². The van der Waals surface area contributed by atoms with Gasteiger partial charge in [0.2, 0.25) is 0 Å². The summed E-state index contributed by atoms with van der Waals surface area (Å²) in [6, 6.07) is 0.666. The second kappa shape index (κ2) is 1.13. The molecule has 44 valence electrons. The van der Waals surface area contributed by atoms with Crippen LogP contribution in [0.2, 0.25) is 0 Å². The van der Waals surface area contributed by atoms with Crippen molar-refractivity contribution in [2.45, 2.75) is 18.9 Å². The molecule has 0 radical (unpaired) electrons. The summed E-state index contributed by atoms with van der Waals surface area (Å²) in [5.74, 6) is 1.36. The summed E-state index contributed by atoms with van der Waals surface area (Å²) in [5, 5.41) is 7.29. The maximum atomic E-state index is 7.29. The van der Waals surface area contributed by atoms with Crippen molar-refractivity contribution in [1.29, 1.82) is 5.41 Å². The first-order valence-corrected chi connectivity index (χ1v) is 3.20. The van der Waals surface area contributed by atoms with Crippen LogP contribution in [0.5, 0.6) is 0 Å². The summed E-state index contributed by atoms with van der Waals surface area (Å²) in [4.78, 5) is 0. The minimum Gasteiger partial charge on any atom is -0.355 e. The first-order chi connectivity index (χ1) is 3.79. The van der Waals surface area contributed by atoms with Gasteiger partial charge in [-0.3, -0.25) is 0 Å². The summed E-state index contributed by atoms with van der Waals surface area (Å²) >= 11 is 0. The molecule has 8 heavy (non-hydrogen) atoms. The van der Waals surface area contributed by atoms with Gasteiger partial charge in [0.15, 0.2) is 0 Å². The number of hydrogen-bond acceptors (Lipinski definition) is 1. The molecule has 0 saturated heterocycles. The molecule has 2 nitrogen and oxygen atoms in total. The third kappa shape index (κ3) is 0.388. The highest BCUT2D eigenvalue weighted by molar-refractivity contribution is 6.02. The van der Waals surface area contributed by atoms with E-state index in [2.05, 4.69) is 5.73 Å². The smallest absolute Gasteiger partial charge is 0.0856 e. The van der Waals surface area contributed by atoms with Gasteiger partial charge in [0.25, 0.3) is 0 Å². The molecule has 2 aliphatic carbocycles. The number of fused-ring (bicyclic) bond motifs is 1. The van der Waals surface area contributed by atoms with E-state index in [0.717, 1.165) is 5.71 Å². The number of nitrogens with one attached hydrogen (secondary N) is 1. The Morgan fingerprint density at radius 2 is 1.88 bits per heavy atom. The number of quaternary nitrogens is 1. The summed E-state index contributed by atoms with van der Waals surface area (Å²) in [7, 11) is 0. The Hall–Kier alpha value is -0.370. The van der Waals surface area contributed by atoms with Gasteiger partial charge in [-0.25, -0.2) is 0 Å². The Labute approximate surface area is 48.6 Å². The van der Waals surface area contributed by atoms with E-state index in [-0.39, 0.29) is 0 Å². The standard InChI is InChI=1S/C6H10N2/c7-3-1-4-5(2-3)6(4)8/h3-5,8H,1-2,7H2/p+1. The van der Waals surface area contributed by atoms with Crippen molar-refractivity contribution in [2.24, 2.45) is 11.8 Å². The Balaban J connectivity index is 2.09. The predicted molar refractivity (Wildman–Crippen MR) is 30.6 cm³/mol. The molecule has 2 heteroatoms. The fourth-order valence-corrected chi connectivity index (χ4v) is 1.78. The minimum absolute atomic E-state index is 0.666. The van der Waals surface area contributed by atoms with Gasteiger partial charge >= 0.3 is 0 Å². The van der Waals surface area contributed by atoms with Gasteiger partial charge in [-0.1, -0.05) is 0 Å². The molecule has 2 rings (SSSR count). The molecule has 0 amide bonds. The van der Waals surface area contributed by atoms with Gasteiger partial charge in [0.1, 0.15) is 0 Å². The van der Waals surface area contributed by atoms with Crippen LogP contribution in [-0.4, -0.2) is 11.8 Å². The third-order valence-corrected chi connectivity index (χ3v) is 2.35. The van der Waals surface area contributed by atoms with Gasteiger partial charge < -0.3 is 11.1 Å². The van der Waals surface area contributed by atoms with Crippen LogP contribution in [0.15, 0.2) is 0 Å². The molecule has 4 N–H and O–H groups in total. The molecule has 0 bridgehead atoms. The van der Waals surface area contributed by atoms with E-state index in [1.54, 1.807) is 0 Å². The van der Waals surface area contributed by atoms with Crippen LogP contribution >= 0.6 is 0 Å². The second-order valence-electron chi connectivity index (χ2n) is 3.01. The average Bonchev–Trinajstić information content (AvgIpc) is 2.29. The Morgan fingerprint density at radius 1 is 1.38 bits per heavy atom. The van der Waals surface area contributed by atoms with Crippen LogP contribution < -0.4 is 5.73 Å². The largest absolute Gasteiger partial charge is 0.355 e. The zero-order valence-corrected chi connectivity index (χ0v) is 4.85. The second-order valence-corrected chi connectivity index (χ2v) is 3.01. The van der Waals surface area contributed by atoms with E-state index in [4.69, 9.17) is 5.41 Å². The van der Waals surface area contributed by atoms with Crippen molar-refractivity contribution >= 4 is 5.71 Å². The van der Waals surface area contributed by atoms with Crippen molar-refractivity contribution in [3.05, 3.63) is 0 Å². The molecule has 2 saturated carbocycles. The summed E-state index contributed by atoms with van der Waals surface area (Å²) < 4.78 is 0. The molecular formula is C6H11N2+. The normalized spacial score (nSPS) is 51.6. The van der Waals surface area contributed by atoms with E-state index in [1.807, 2.05) is 0 Å². The minimum atomic E-state index is 0.666. The van der Waals surface area contributed by atoms with E-state index >= 15 is 0 Å². The summed E-state index contributed by atoms with van der Waals surface area (Å²) in [5.41, 5.74) is 4.96. The fraction of sp³-hybridized carbons (Fsp3) is 0.833. The molecule has 0 heterocycles. The molecule has 0 aliphatic heterocycles. The molecule has 0 aromatic heterocycles. The molecule has 2 unspecified atom stereocenters. The Bertz CT molecular complexity index is 127. The molecular weight excluding hydrogens is 100 g/mol. The van der Waals surface area contributed by atoms with Crippen LogP contribution in [0.25, 0.3) is 0 Å². The van der Waals surface area contributed by atoms with E-state index in [1.165, 1.54) is 12.8 Å². The quantitative estimate of drug-likeness (QED) is 0.429. The van der Waals surface area contributed by atoms with Crippen molar-refractivity contribution in [1.82, 2.24) is 0 Å². The highest BCUT2D eigenvalue weighted by Gasteiger charge is 2.52. The lowest BCUT2D eigenvalue weighted by molar-refractivity contribution is -0.418. The summed E-state index contributed by atoms with van der Waals surface area (Å²) in [6.07, 6.45) is 2.40. The van der Waals surface area contributed by atoms with Crippen LogP contribution in [0, 0.1) is 17.2 Å². The Morgan fingerprint density at radius 3 is 2.25 bits per heavy atom. The monoisotopic (exact) mass is 111 g/mol. The maximum absolute atomic E-state index is 7.29. The van der Waals surface area contributed by atoms with Crippen molar-refractivity contribution in [3.63, 3.8) is 0 Å². The molecule has 2 fully saturated rings. The van der Waals surface area contributed by atoms with E-state index in [0.29, 0.717) is 17.9 Å². The maximum Gasteiger partial charge on any atom is 0.0856 e. The Kier molecular flexibility index (Phi) is 0.637. The molecule has 2 atom stereocenters. The highest BCUT2D eigenvalue weighted by atomic mass is 14.8. The summed E-state index contributed by atoms with van der Waals surface area (Å²) in [6.45, 7) is 0. The van der Waals surface area contributed by atoms with Gasteiger partial charge in [0.05, 0.1) is 6.04 Å². The lowest BCUT2D eigenvalue weighted by atomic mass is 10.2. The zero-order chi connectivity index (χ0) is 5.72. The van der Waals surface area contributed by atoms with Crippen molar-refractivity contribution in [3.8, 4) is 0 Å². The van der Waals surface area contributed by atoms with Gasteiger partial charge in [0, 0.05) is 30.4 Å². The topological polar surface area (TPSA) is 51.5 Å². The first-order valence-electron chi connectivity index (χ1n) is 3.20. The van der Waals surface area contributed by atoms with Gasteiger partial charge in [-0.05, 0) is 0 Å². The molecule has 2 aliphatic rings. The number of rotatable bonds is 0. The first kappa shape index (κ1) is 4.50. The van der Waals surface area contributed by atoms with Gasteiger partial charge in [-0.15, -0.1) is 0 Å².